The molecule has 0 atom stereocenters. The maximum atomic E-state index is 6.49. The molecular weight excluding hydrogens is 599 g/mol. The predicted molar refractivity (Wildman–Crippen MR) is 201 cm³/mol. The molecule has 0 N–H and O–H groups in total. The zero-order chi connectivity index (χ0) is 32.3. The van der Waals surface area contributed by atoms with Crippen LogP contribution in [0, 0.1) is 0 Å². The van der Waals surface area contributed by atoms with Gasteiger partial charge in [0.2, 0.25) is 0 Å². The van der Waals surface area contributed by atoms with Crippen LogP contribution in [0.5, 0.6) is 0 Å². The summed E-state index contributed by atoms with van der Waals surface area (Å²) >= 11 is 0. The fourth-order valence-corrected chi connectivity index (χ4v) is 7.27. The van der Waals surface area contributed by atoms with Gasteiger partial charge in [-0.05, 0) is 56.3 Å². The van der Waals surface area contributed by atoms with Crippen LogP contribution in [0.15, 0.2) is 168 Å². The Balaban J connectivity index is 1.28. The van der Waals surface area contributed by atoms with Crippen LogP contribution in [0.4, 0.5) is 0 Å². The number of rotatable bonds is 4. The first-order valence-corrected chi connectivity index (χ1v) is 16.5. The fourth-order valence-electron chi connectivity index (χ4n) is 7.27. The van der Waals surface area contributed by atoms with Crippen LogP contribution in [-0.4, -0.2) is 15.0 Å². The lowest BCUT2D eigenvalue weighted by atomic mass is 9.94. The van der Waals surface area contributed by atoms with Gasteiger partial charge in [0.15, 0.2) is 17.5 Å². The van der Waals surface area contributed by atoms with E-state index in [1.165, 1.54) is 16.5 Å². The Morgan fingerprint density at radius 3 is 1.71 bits per heavy atom. The molecule has 0 saturated carbocycles. The minimum absolute atomic E-state index is 0.568. The van der Waals surface area contributed by atoms with E-state index in [9.17, 15) is 0 Å². The van der Waals surface area contributed by atoms with Gasteiger partial charge in [-0.2, -0.15) is 0 Å². The van der Waals surface area contributed by atoms with Crippen molar-refractivity contribution in [2.45, 2.75) is 0 Å². The second-order valence-corrected chi connectivity index (χ2v) is 12.3. The number of nitrogens with zero attached hydrogens (tertiary/aromatic N) is 3. The highest BCUT2D eigenvalue weighted by Gasteiger charge is 2.20. The molecular formula is C45H27N3O. The van der Waals surface area contributed by atoms with E-state index < -0.39 is 0 Å². The molecule has 4 heteroatoms. The Labute approximate surface area is 282 Å². The van der Waals surface area contributed by atoms with Gasteiger partial charge in [-0.3, -0.25) is 0 Å². The smallest absolute Gasteiger partial charge is 0.167 e. The molecule has 10 aromatic rings. The van der Waals surface area contributed by atoms with E-state index in [1.807, 2.05) is 30.3 Å². The summed E-state index contributed by atoms with van der Waals surface area (Å²) < 4.78 is 6.49. The van der Waals surface area contributed by atoms with E-state index in [0.717, 1.165) is 65.6 Å². The maximum Gasteiger partial charge on any atom is 0.167 e. The van der Waals surface area contributed by atoms with Gasteiger partial charge >= 0.3 is 0 Å². The summed E-state index contributed by atoms with van der Waals surface area (Å²) in [5.41, 5.74) is 6.67. The van der Waals surface area contributed by atoms with Gasteiger partial charge in [0.1, 0.15) is 11.2 Å². The van der Waals surface area contributed by atoms with Crippen molar-refractivity contribution in [3.63, 3.8) is 0 Å². The average molecular weight is 626 g/mol. The van der Waals surface area contributed by atoms with Gasteiger partial charge in [0.25, 0.3) is 0 Å². The van der Waals surface area contributed by atoms with Crippen molar-refractivity contribution in [1.82, 2.24) is 15.0 Å². The molecule has 2 heterocycles. The monoisotopic (exact) mass is 625 g/mol. The second-order valence-electron chi connectivity index (χ2n) is 12.3. The predicted octanol–water partition coefficient (Wildman–Crippen LogP) is 11.9. The Morgan fingerprint density at radius 1 is 0.327 bits per heavy atom. The first-order chi connectivity index (χ1) is 24.3. The first-order valence-electron chi connectivity index (χ1n) is 16.5. The van der Waals surface area contributed by atoms with Gasteiger partial charge in [0.05, 0.1) is 5.56 Å². The molecule has 0 aliphatic heterocycles. The Bertz CT molecular complexity index is 2890. The number of hydrogen-bond donors (Lipinski definition) is 0. The molecule has 2 aromatic heterocycles. The van der Waals surface area contributed by atoms with Crippen LogP contribution >= 0.6 is 0 Å². The molecule has 0 bridgehead atoms. The van der Waals surface area contributed by atoms with Gasteiger partial charge in [-0.1, -0.05) is 146 Å². The summed E-state index contributed by atoms with van der Waals surface area (Å²) in [7, 11) is 0. The van der Waals surface area contributed by atoms with Crippen molar-refractivity contribution >= 4 is 54.3 Å². The normalized spacial score (nSPS) is 11.7. The lowest BCUT2D eigenvalue weighted by Gasteiger charge is -2.14. The van der Waals surface area contributed by atoms with Crippen molar-refractivity contribution in [2.75, 3.05) is 0 Å². The molecule has 0 fully saturated rings. The number of para-hydroxylation sites is 2. The highest BCUT2D eigenvalue weighted by atomic mass is 16.3. The van der Waals surface area contributed by atoms with Crippen LogP contribution in [0.1, 0.15) is 0 Å². The standard InChI is InChI=1S/C45H27N3O/c1-2-12-28(13-3-1)31-26-27-37(34-18-7-6-17-33(31)34)43-46-44(38-21-10-15-30-25-24-29-14-4-5-16-32(29)41(30)38)48-45(47-43)39-22-11-20-36-35-19-8-9-23-40(35)49-42(36)39/h1-27H. The third-order valence-corrected chi connectivity index (χ3v) is 9.54. The lowest BCUT2D eigenvalue weighted by molar-refractivity contribution is 0.669. The minimum Gasteiger partial charge on any atom is -0.455 e. The van der Waals surface area contributed by atoms with E-state index in [0.29, 0.717) is 17.5 Å². The molecule has 10 rings (SSSR count). The summed E-state index contributed by atoms with van der Waals surface area (Å²) in [5, 5.41) is 8.92. The Morgan fingerprint density at radius 2 is 0.878 bits per heavy atom. The average Bonchev–Trinajstić information content (AvgIpc) is 3.56. The topological polar surface area (TPSA) is 51.8 Å². The van der Waals surface area contributed by atoms with Crippen molar-refractivity contribution in [3.8, 4) is 45.3 Å². The Hall–Kier alpha value is -6.65. The molecule has 228 valence electrons. The molecule has 0 spiro atoms. The van der Waals surface area contributed by atoms with Crippen LogP contribution in [0.25, 0.3) is 99.5 Å². The quantitative estimate of drug-likeness (QED) is 0.183. The third-order valence-electron chi connectivity index (χ3n) is 9.54. The number of aromatic nitrogens is 3. The van der Waals surface area contributed by atoms with Crippen LogP contribution in [0.3, 0.4) is 0 Å². The fraction of sp³-hybridized carbons (Fsp3) is 0. The summed E-state index contributed by atoms with van der Waals surface area (Å²) in [5.74, 6) is 1.80. The van der Waals surface area contributed by atoms with E-state index in [4.69, 9.17) is 19.4 Å². The van der Waals surface area contributed by atoms with Gasteiger partial charge in [-0.15, -0.1) is 0 Å². The molecule has 4 nitrogen and oxygen atoms in total. The summed E-state index contributed by atoms with van der Waals surface area (Å²) in [6, 6.07) is 56.9. The highest BCUT2D eigenvalue weighted by molar-refractivity contribution is 6.14. The third kappa shape index (κ3) is 4.42. The van der Waals surface area contributed by atoms with Crippen molar-refractivity contribution in [3.05, 3.63) is 164 Å². The van der Waals surface area contributed by atoms with E-state index in [2.05, 4.69) is 133 Å². The number of furan rings is 1. The van der Waals surface area contributed by atoms with E-state index in [-0.39, 0.29) is 0 Å². The minimum atomic E-state index is 0.568. The highest BCUT2D eigenvalue weighted by Crippen LogP contribution is 2.40. The molecule has 0 unspecified atom stereocenters. The Kier molecular flexibility index (Phi) is 6.15. The van der Waals surface area contributed by atoms with Crippen LogP contribution in [0.2, 0.25) is 0 Å². The largest absolute Gasteiger partial charge is 0.455 e. The maximum absolute atomic E-state index is 6.49. The second kappa shape index (κ2) is 11.0. The number of benzene rings is 8. The van der Waals surface area contributed by atoms with Gasteiger partial charge in [-0.25, -0.2) is 15.0 Å². The van der Waals surface area contributed by atoms with E-state index in [1.54, 1.807) is 0 Å². The molecule has 0 amide bonds. The summed E-state index contributed by atoms with van der Waals surface area (Å²) in [6.07, 6.45) is 0. The van der Waals surface area contributed by atoms with Crippen LogP contribution in [-0.2, 0) is 0 Å². The zero-order valence-electron chi connectivity index (χ0n) is 26.3. The molecule has 0 radical (unpaired) electrons. The van der Waals surface area contributed by atoms with Gasteiger partial charge < -0.3 is 4.42 Å². The number of fused-ring (bicyclic) bond motifs is 7. The SMILES string of the molecule is c1ccc(-c2ccc(-c3nc(-c4cccc5c4oc4ccccc45)nc(-c4cccc5ccc6ccccc6c45)n3)c3ccccc23)cc1. The van der Waals surface area contributed by atoms with Crippen molar-refractivity contribution in [2.24, 2.45) is 0 Å². The summed E-state index contributed by atoms with van der Waals surface area (Å²) in [4.78, 5) is 15.8. The van der Waals surface area contributed by atoms with Crippen molar-refractivity contribution in [1.29, 1.82) is 0 Å². The van der Waals surface area contributed by atoms with Gasteiger partial charge in [0, 0.05) is 27.3 Å². The van der Waals surface area contributed by atoms with Crippen molar-refractivity contribution < 1.29 is 4.42 Å². The molecule has 0 aliphatic rings. The lowest BCUT2D eigenvalue weighted by Crippen LogP contribution is -2.01. The molecule has 8 aromatic carbocycles. The molecule has 0 aliphatic carbocycles. The first kappa shape index (κ1) is 27.5. The summed E-state index contributed by atoms with van der Waals surface area (Å²) in [6.45, 7) is 0. The molecule has 49 heavy (non-hydrogen) atoms. The number of hydrogen-bond acceptors (Lipinski definition) is 4. The zero-order valence-corrected chi connectivity index (χ0v) is 26.3. The van der Waals surface area contributed by atoms with E-state index >= 15 is 0 Å². The molecule has 0 saturated heterocycles. The van der Waals surface area contributed by atoms with Crippen LogP contribution < -0.4 is 0 Å².